The molecule has 0 fully saturated rings. The molecule has 0 saturated heterocycles. The van der Waals surface area contributed by atoms with Crippen molar-refractivity contribution in [3.8, 4) is 0 Å². The SMILES string of the molecule is C=C(NN=NC)NC(C)=O. The first-order valence-electron chi connectivity index (χ1n) is 2.68. The van der Waals surface area contributed by atoms with Gasteiger partial charge in [-0.1, -0.05) is 11.8 Å². The van der Waals surface area contributed by atoms with Crippen molar-refractivity contribution in [2.45, 2.75) is 6.92 Å². The summed E-state index contributed by atoms with van der Waals surface area (Å²) in [4.78, 5) is 10.3. The third kappa shape index (κ3) is 4.76. The highest BCUT2D eigenvalue weighted by Gasteiger charge is 1.91. The Bertz CT molecular complexity index is 163. The Kier molecular flexibility index (Phi) is 3.86. The van der Waals surface area contributed by atoms with Crippen LogP contribution < -0.4 is 10.7 Å². The molecular formula is C5H10N4O. The van der Waals surface area contributed by atoms with Gasteiger partial charge in [0.2, 0.25) is 5.91 Å². The van der Waals surface area contributed by atoms with Crippen LogP contribution in [0.5, 0.6) is 0 Å². The summed E-state index contributed by atoms with van der Waals surface area (Å²) in [5.41, 5.74) is 2.40. The van der Waals surface area contributed by atoms with E-state index in [-0.39, 0.29) is 5.91 Å². The standard InChI is InChI=1S/C5H10N4O/c1-4(7-5(2)10)8-9-6-3/h1H2,2-3H3,(H,6,8)(H,7,10). The van der Waals surface area contributed by atoms with Crippen LogP contribution in [0, 0.1) is 0 Å². The lowest BCUT2D eigenvalue weighted by Crippen LogP contribution is -2.25. The lowest BCUT2D eigenvalue weighted by Gasteiger charge is -2.01. The van der Waals surface area contributed by atoms with E-state index in [1.165, 1.54) is 14.0 Å². The number of amides is 1. The second-order valence-electron chi connectivity index (χ2n) is 1.57. The summed E-state index contributed by atoms with van der Waals surface area (Å²) in [6.07, 6.45) is 0. The summed E-state index contributed by atoms with van der Waals surface area (Å²) in [5, 5.41) is 9.15. The molecule has 0 aromatic heterocycles. The fourth-order valence-electron chi connectivity index (χ4n) is 0.351. The third-order valence-electron chi connectivity index (χ3n) is 0.612. The Morgan fingerprint density at radius 3 is 2.60 bits per heavy atom. The monoisotopic (exact) mass is 142 g/mol. The van der Waals surface area contributed by atoms with E-state index in [9.17, 15) is 4.79 Å². The maximum absolute atomic E-state index is 10.3. The van der Waals surface area contributed by atoms with Gasteiger partial charge in [-0.05, 0) is 0 Å². The van der Waals surface area contributed by atoms with Crippen molar-refractivity contribution in [3.63, 3.8) is 0 Å². The van der Waals surface area contributed by atoms with E-state index >= 15 is 0 Å². The molecule has 0 rings (SSSR count). The topological polar surface area (TPSA) is 65.8 Å². The molecular weight excluding hydrogens is 132 g/mol. The maximum Gasteiger partial charge on any atom is 0.222 e. The number of hydrogen-bond acceptors (Lipinski definition) is 3. The Morgan fingerprint density at radius 2 is 2.20 bits per heavy atom. The number of hydrogen-bond donors (Lipinski definition) is 2. The van der Waals surface area contributed by atoms with Gasteiger partial charge in [-0.25, -0.2) is 5.43 Å². The van der Waals surface area contributed by atoms with Crippen LogP contribution in [0.3, 0.4) is 0 Å². The van der Waals surface area contributed by atoms with Crippen LogP contribution >= 0.6 is 0 Å². The molecule has 0 aliphatic carbocycles. The number of rotatable bonds is 3. The first-order chi connectivity index (χ1) is 4.66. The van der Waals surface area contributed by atoms with Gasteiger partial charge in [-0.15, -0.1) is 0 Å². The first kappa shape index (κ1) is 8.61. The molecule has 0 spiro atoms. The van der Waals surface area contributed by atoms with Crippen molar-refractivity contribution in [3.05, 3.63) is 12.4 Å². The van der Waals surface area contributed by atoms with Gasteiger partial charge in [0, 0.05) is 6.92 Å². The van der Waals surface area contributed by atoms with E-state index in [1.54, 1.807) is 0 Å². The van der Waals surface area contributed by atoms with Gasteiger partial charge >= 0.3 is 0 Å². The van der Waals surface area contributed by atoms with Crippen LogP contribution in [0.15, 0.2) is 22.7 Å². The van der Waals surface area contributed by atoms with Gasteiger partial charge in [0.25, 0.3) is 0 Å². The predicted molar refractivity (Wildman–Crippen MR) is 36.9 cm³/mol. The molecule has 0 aliphatic heterocycles. The lowest BCUT2D eigenvalue weighted by atomic mass is 10.6. The fraction of sp³-hybridized carbons (Fsp3) is 0.400. The molecule has 0 bridgehead atoms. The molecule has 1 amide bonds. The third-order valence-corrected chi connectivity index (χ3v) is 0.612. The van der Waals surface area contributed by atoms with E-state index in [4.69, 9.17) is 0 Å². The van der Waals surface area contributed by atoms with Gasteiger partial charge < -0.3 is 5.32 Å². The predicted octanol–water partition coefficient (Wildman–Crippen LogP) is 0.180. The molecule has 0 unspecified atom stereocenters. The zero-order chi connectivity index (χ0) is 7.98. The van der Waals surface area contributed by atoms with E-state index in [1.807, 2.05) is 0 Å². The van der Waals surface area contributed by atoms with E-state index in [2.05, 4.69) is 27.7 Å². The highest BCUT2D eigenvalue weighted by Crippen LogP contribution is 1.75. The highest BCUT2D eigenvalue weighted by atomic mass is 16.1. The average molecular weight is 142 g/mol. The van der Waals surface area contributed by atoms with Crippen LogP contribution in [-0.2, 0) is 4.79 Å². The quantitative estimate of drug-likeness (QED) is 0.436. The average Bonchev–Trinajstić information content (AvgIpc) is 1.82. The molecule has 0 aromatic carbocycles. The number of carbonyl (C=O) groups is 1. The molecule has 10 heavy (non-hydrogen) atoms. The van der Waals surface area contributed by atoms with Crippen molar-refractivity contribution in [1.82, 2.24) is 10.7 Å². The lowest BCUT2D eigenvalue weighted by molar-refractivity contribution is -0.118. The molecule has 0 aliphatic rings. The number of carbonyl (C=O) groups excluding carboxylic acids is 1. The van der Waals surface area contributed by atoms with Gasteiger partial charge in [-0.2, -0.15) is 5.11 Å². The van der Waals surface area contributed by atoms with Gasteiger partial charge in [0.05, 0.1) is 7.05 Å². The minimum absolute atomic E-state index is 0.191. The second-order valence-corrected chi connectivity index (χ2v) is 1.57. The summed E-state index contributed by atoms with van der Waals surface area (Å²) in [6, 6.07) is 0. The van der Waals surface area contributed by atoms with Crippen molar-refractivity contribution in [2.24, 2.45) is 10.3 Å². The summed E-state index contributed by atoms with van der Waals surface area (Å²) in [7, 11) is 1.51. The van der Waals surface area contributed by atoms with Gasteiger partial charge in [-0.3, -0.25) is 4.79 Å². The molecule has 0 aromatic rings. The molecule has 0 saturated carbocycles. The minimum atomic E-state index is -0.191. The fourth-order valence-corrected chi connectivity index (χ4v) is 0.351. The minimum Gasteiger partial charge on any atom is -0.312 e. The number of nitrogens with one attached hydrogen (secondary N) is 2. The zero-order valence-corrected chi connectivity index (χ0v) is 6.01. The molecule has 56 valence electrons. The van der Waals surface area contributed by atoms with Gasteiger partial charge in [0.1, 0.15) is 5.82 Å². The van der Waals surface area contributed by atoms with E-state index in [0.29, 0.717) is 5.82 Å². The molecule has 0 radical (unpaired) electrons. The van der Waals surface area contributed by atoms with Gasteiger partial charge in [0.15, 0.2) is 0 Å². The molecule has 2 N–H and O–H groups in total. The van der Waals surface area contributed by atoms with E-state index in [0.717, 1.165) is 0 Å². The largest absolute Gasteiger partial charge is 0.312 e. The smallest absolute Gasteiger partial charge is 0.222 e. The molecule has 5 heteroatoms. The maximum atomic E-state index is 10.3. The van der Waals surface area contributed by atoms with Crippen LogP contribution in [0.1, 0.15) is 6.92 Å². The van der Waals surface area contributed by atoms with Crippen LogP contribution in [-0.4, -0.2) is 13.0 Å². The van der Waals surface area contributed by atoms with Crippen LogP contribution in [0.25, 0.3) is 0 Å². The Morgan fingerprint density at radius 1 is 1.60 bits per heavy atom. The molecule has 0 heterocycles. The second kappa shape index (κ2) is 4.49. The Labute approximate surface area is 59.2 Å². The Balaban J connectivity index is 3.54. The van der Waals surface area contributed by atoms with E-state index < -0.39 is 0 Å². The van der Waals surface area contributed by atoms with Crippen LogP contribution in [0.2, 0.25) is 0 Å². The first-order valence-corrected chi connectivity index (χ1v) is 2.68. The molecule has 0 atom stereocenters. The molecule has 5 nitrogen and oxygen atoms in total. The summed E-state index contributed by atoms with van der Waals surface area (Å²) in [6.45, 7) is 4.82. The van der Waals surface area contributed by atoms with Crippen LogP contribution in [0.4, 0.5) is 0 Å². The van der Waals surface area contributed by atoms with Crippen molar-refractivity contribution in [1.29, 1.82) is 0 Å². The zero-order valence-electron chi connectivity index (χ0n) is 6.01. The number of nitrogens with zero attached hydrogens (tertiary/aromatic N) is 2. The van der Waals surface area contributed by atoms with Crippen molar-refractivity contribution < 1.29 is 4.79 Å². The summed E-state index contributed by atoms with van der Waals surface area (Å²) in [5.74, 6) is 0.127. The normalized spacial score (nSPS) is 9.40. The summed E-state index contributed by atoms with van der Waals surface area (Å²) >= 11 is 0. The Hall–Kier alpha value is -1.39. The highest BCUT2D eigenvalue weighted by molar-refractivity contribution is 5.74. The van der Waals surface area contributed by atoms with Crippen molar-refractivity contribution >= 4 is 5.91 Å². The summed E-state index contributed by atoms with van der Waals surface area (Å²) < 4.78 is 0. The van der Waals surface area contributed by atoms with Crippen molar-refractivity contribution in [2.75, 3.05) is 7.05 Å².